The summed E-state index contributed by atoms with van der Waals surface area (Å²) in [5.41, 5.74) is 1.98. The van der Waals surface area contributed by atoms with Gasteiger partial charge in [-0.2, -0.15) is 0 Å². The number of benzene rings is 2. The Morgan fingerprint density at radius 3 is 2.15 bits per heavy atom. The zero-order valence-electron chi connectivity index (χ0n) is 15.6. The lowest BCUT2D eigenvalue weighted by molar-refractivity contribution is -0.128. The monoisotopic (exact) mass is 392 g/mol. The predicted molar refractivity (Wildman–Crippen MR) is 103 cm³/mol. The summed E-state index contributed by atoms with van der Waals surface area (Å²) in [6, 6.07) is 12.9. The third-order valence-electron chi connectivity index (χ3n) is 4.34. The number of rotatable bonds is 9. The number of hydrogen-bond acceptors (Lipinski definition) is 3. The summed E-state index contributed by atoms with van der Waals surface area (Å²) in [6.45, 7) is 4.28. The van der Waals surface area contributed by atoms with Crippen molar-refractivity contribution in [3.8, 4) is 0 Å². The van der Waals surface area contributed by atoms with Gasteiger partial charge in [0.2, 0.25) is 15.9 Å². The van der Waals surface area contributed by atoms with Crippen molar-refractivity contribution >= 4 is 15.9 Å². The molecule has 146 valence electrons. The zero-order valence-corrected chi connectivity index (χ0v) is 16.4. The second kappa shape index (κ2) is 9.62. The molecule has 0 unspecified atom stereocenters. The van der Waals surface area contributed by atoms with Crippen LogP contribution in [0.2, 0.25) is 0 Å². The first-order chi connectivity index (χ1) is 12.8. The topological polar surface area (TPSA) is 66.5 Å². The molecule has 0 aliphatic carbocycles. The van der Waals surface area contributed by atoms with Crippen molar-refractivity contribution < 1.29 is 17.6 Å². The SMILES string of the molecule is CCc1ccc(S(=O)(=O)NCCN(CCc2ccc(F)cc2)C(C)=O)cc1. The average Bonchev–Trinajstić information content (AvgIpc) is 2.65. The highest BCUT2D eigenvalue weighted by atomic mass is 32.2. The number of aryl methyl sites for hydroxylation is 1. The minimum absolute atomic E-state index is 0.126. The molecular formula is C20H25FN2O3S. The van der Waals surface area contributed by atoms with Crippen LogP contribution in [0.25, 0.3) is 0 Å². The van der Waals surface area contributed by atoms with Gasteiger partial charge in [-0.1, -0.05) is 31.2 Å². The fourth-order valence-corrected chi connectivity index (χ4v) is 3.67. The van der Waals surface area contributed by atoms with Crippen LogP contribution in [-0.2, 0) is 27.7 Å². The molecule has 2 aromatic carbocycles. The van der Waals surface area contributed by atoms with Crippen molar-refractivity contribution in [3.05, 3.63) is 65.5 Å². The molecule has 0 aromatic heterocycles. The van der Waals surface area contributed by atoms with E-state index in [0.717, 1.165) is 17.5 Å². The Morgan fingerprint density at radius 1 is 1.00 bits per heavy atom. The molecule has 2 rings (SSSR count). The number of nitrogens with zero attached hydrogens (tertiary/aromatic N) is 1. The Labute approximate surface area is 160 Å². The van der Waals surface area contributed by atoms with Gasteiger partial charge in [-0.3, -0.25) is 4.79 Å². The molecule has 0 aliphatic heterocycles. The van der Waals surface area contributed by atoms with Crippen LogP contribution in [0.3, 0.4) is 0 Å². The first-order valence-corrected chi connectivity index (χ1v) is 10.4. The van der Waals surface area contributed by atoms with Crippen molar-refractivity contribution in [1.82, 2.24) is 9.62 Å². The number of amides is 1. The first-order valence-electron chi connectivity index (χ1n) is 8.90. The molecule has 5 nitrogen and oxygen atoms in total. The van der Waals surface area contributed by atoms with Crippen molar-refractivity contribution in [2.45, 2.75) is 31.6 Å². The highest BCUT2D eigenvalue weighted by molar-refractivity contribution is 7.89. The number of nitrogens with one attached hydrogen (secondary N) is 1. The van der Waals surface area contributed by atoms with E-state index < -0.39 is 10.0 Å². The molecule has 1 N–H and O–H groups in total. The minimum atomic E-state index is -3.61. The summed E-state index contributed by atoms with van der Waals surface area (Å²) >= 11 is 0. The number of halogens is 1. The maximum Gasteiger partial charge on any atom is 0.240 e. The number of sulfonamides is 1. The lowest BCUT2D eigenvalue weighted by atomic mass is 10.1. The molecule has 0 radical (unpaired) electrons. The van der Waals surface area contributed by atoms with Crippen LogP contribution in [-0.4, -0.2) is 38.9 Å². The minimum Gasteiger partial charge on any atom is -0.341 e. The molecule has 27 heavy (non-hydrogen) atoms. The Balaban J connectivity index is 1.89. The van der Waals surface area contributed by atoms with Gasteiger partial charge >= 0.3 is 0 Å². The second-order valence-electron chi connectivity index (χ2n) is 6.28. The van der Waals surface area contributed by atoms with Gasteiger partial charge in [0.25, 0.3) is 0 Å². The van der Waals surface area contributed by atoms with Crippen LogP contribution < -0.4 is 4.72 Å². The number of hydrogen-bond donors (Lipinski definition) is 1. The smallest absolute Gasteiger partial charge is 0.240 e. The zero-order chi connectivity index (χ0) is 19.9. The highest BCUT2D eigenvalue weighted by Gasteiger charge is 2.15. The van der Waals surface area contributed by atoms with Crippen molar-refractivity contribution in [1.29, 1.82) is 0 Å². The van der Waals surface area contributed by atoms with E-state index in [4.69, 9.17) is 0 Å². The average molecular weight is 392 g/mol. The maximum absolute atomic E-state index is 12.9. The number of carbonyl (C=O) groups excluding carboxylic acids is 1. The van der Waals surface area contributed by atoms with Crippen LogP contribution in [0.1, 0.15) is 25.0 Å². The van der Waals surface area contributed by atoms with E-state index in [1.54, 1.807) is 41.3 Å². The third-order valence-corrected chi connectivity index (χ3v) is 5.82. The molecule has 0 saturated heterocycles. The largest absolute Gasteiger partial charge is 0.341 e. The molecule has 0 aliphatic rings. The quantitative estimate of drug-likeness (QED) is 0.714. The lowest BCUT2D eigenvalue weighted by Gasteiger charge is -2.21. The molecule has 0 saturated carbocycles. The van der Waals surface area contributed by atoms with E-state index in [1.165, 1.54) is 19.1 Å². The van der Waals surface area contributed by atoms with Crippen LogP contribution in [0, 0.1) is 5.82 Å². The molecule has 0 atom stereocenters. The summed E-state index contributed by atoms with van der Waals surface area (Å²) in [6.07, 6.45) is 1.42. The van der Waals surface area contributed by atoms with Gasteiger partial charge in [0.15, 0.2) is 0 Å². The Bertz CT molecular complexity index is 850. The third kappa shape index (κ3) is 6.45. The molecule has 0 heterocycles. The first kappa shape index (κ1) is 21.1. The number of carbonyl (C=O) groups is 1. The van der Waals surface area contributed by atoms with Crippen molar-refractivity contribution in [2.75, 3.05) is 19.6 Å². The predicted octanol–water partition coefficient (Wildman–Crippen LogP) is 2.76. The van der Waals surface area contributed by atoms with Gasteiger partial charge in [-0.15, -0.1) is 0 Å². The molecule has 0 spiro atoms. The molecule has 0 bridgehead atoms. The van der Waals surface area contributed by atoms with Crippen molar-refractivity contribution in [3.63, 3.8) is 0 Å². The maximum atomic E-state index is 12.9. The van der Waals surface area contributed by atoms with E-state index in [1.807, 2.05) is 6.92 Å². The Morgan fingerprint density at radius 2 is 1.59 bits per heavy atom. The fraction of sp³-hybridized carbons (Fsp3) is 0.350. The van der Waals surface area contributed by atoms with Crippen molar-refractivity contribution in [2.24, 2.45) is 0 Å². The van der Waals surface area contributed by atoms with E-state index in [0.29, 0.717) is 13.0 Å². The second-order valence-corrected chi connectivity index (χ2v) is 8.04. The van der Waals surface area contributed by atoms with E-state index >= 15 is 0 Å². The van der Waals surface area contributed by atoms with Crippen LogP contribution in [0.4, 0.5) is 4.39 Å². The summed E-state index contributed by atoms with van der Waals surface area (Å²) in [4.78, 5) is 13.6. The summed E-state index contributed by atoms with van der Waals surface area (Å²) in [7, 11) is -3.61. The Kier molecular flexibility index (Phi) is 7.50. The lowest BCUT2D eigenvalue weighted by Crippen LogP contribution is -2.38. The molecule has 1 amide bonds. The normalized spacial score (nSPS) is 11.4. The van der Waals surface area contributed by atoms with Crippen LogP contribution >= 0.6 is 0 Å². The summed E-state index contributed by atoms with van der Waals surface area (Å²) in [5.74, 6) is -0.438. The summed E-state index contributed by atoms with van der Waals surface area (Å²) < 4.78 is 40.2. The molecule has 0 fully saturated rings. The van der Waals surface area contributed by atoms with E-state index in [2.05, 4.69) is 4.72 Å². The molecular weight excluding hydrogens is 367 g/mol. The molecule has 2 aromatic rings. The fourth-order valence-electron chi connectivity index (χ4n) is 2.64. The van der Waals surface area contributed by atoms with E-state index in [9.17, 15) is 17.6 Å². The highest BCUT2D eigenvalue weighted by Crippen LogP contribution is 2.11. The van der Waals surface area contributed by atoms with Gasteiger partial charge in [0, 0.05) is 26.6 Å². The molecule has 7 heteroatoms. The van der Waals surface area contributed by atoms with Crippen LogP contribution in [0.15, 0.2) is 53.4 Å². The Hall–Kier alpha value is -2.25. The van der Waals surface area contributed by atoms with Crippen LogP contribution in [0.5, 0.6) is 0 Å². The van der Waals surface area contributed by atoms with Gasteiger partial charge < -0.3 is 4.90 Å². The van der Waals surface area contributed by atoms with E-state index in [-0.39, 0.29) is 29.7 Å². The van der Waals surface area contributed by atoms with Gasteiger partial charge in [-0.05, 0) is 48.2 Å². The standard InChI is InChI=1S/C20H25FN2O3S/c1-3-17-6-10-20(11-7-17)27(25,26)22-13-15-23(16(2)24)14-12-18-4-8-19(21)9-5-18/h4-11,22H,3,12-15H2,1-2H3. The summed E-state index contributed by atoms with van der Waals surface area (Å²) in [5, 5.41) is 0. The van der Waals surface area contributed by atoms with Gasteiger partial charge in [0.1, 0.15) is 5.82 Å². The van der Waals surface area contributed by atoms with Gasteiger partial charge in [0.05, 0.1) is 4.90 Å². The van der Waals surface area contributed by atoms with Gasteiger partial charge in [-0.25, -0.2) is 17.5 Å².